The van der Waals surface area contributed by atoms with Crippen molar-refractivity contribution in [2.24, 2.45) is 0 Å². The number of nitrogens with zero attached hydrogens (tertiary/aromatic N) is 2. The van der Waals surface area contributed by atoms with Crippen molar-refractivity contribution in [3.05, 3.63) is 59.2 Å². The van der Waals surface area contributed by atoms with Crippen LogP contribution in [0.25, 0.3) is 0 Å². The van der Waals surface area contributed by atoms with E-state index in [1.165, 1.54) is 11.1 Å². The fourth-order valence-electron chi connectivity index (χ4n) is 3.14. The lowest BCUT2D eigenvalue weighted by atomic mass is 9.92. The van der Waals surface area contributed by atoms with E-state index in [-0.39, 0.29) is 6.04 Å². The maximum absolute atomic E-state index is 9.71. The summed E-state index contributed by atoms with van der Waals surface area (Å²) in [6.45, 7) is 1.63. The van der Waals surface area contributed by atoms with Gasteiger partial charge in [0.2, 0.25) is 0 Å². The second kappa shape index (κ2) is 6.72. The summed E-state index contributed by atoms with van der Waals surface area (Å²) in [5.41, 5.74) is 3.41. The van der Waals surface area contributed by atoms with Crippen LogP contribution < -0.4 is 9.47 Å². The van der Waals surface area contributed by atoms with Gasteiger partial charge in [-0.3, -0.25) is 4.90 Å². The van der Waals surface area contributed by atoms with Crippen LogP contribution >= 0.6 is 0 Å². The Morgan fingerprint density at radius 3 is 2.48 bits per heavy atom. The lowest BCUT2D eigenvalue weighted by molar-refractivity contribution is 0.214. The molecular formula is C19H20N2O2. The molecule has 118 valence electrons. The molecule has 1 atom stereocenters. The Morgan fingerprint density at radius 1 is 1.13 bits per heavy atom. The Labute approximate surface area is 136 Å². The molecule has 2 aromatic carbocycles. The van der Waals surface area contributed by atoms with Crippen LogP contribution in [0.15, 0.2) is 42.5 Å². The fourth-order valence-corrected chi connectivity index (χ4v) is 3.14. The van der Waals surface area contributed by atoms with Crippen molar-refractivity contribution in [3.63, 3.8) is 0 Å². The molecule has 0 spiro atoms. The van der Waals surface area contributed by atoms with E-state index in [9.17, 15) is 5.26 Å². The maximum atomic E-state index is 9.71. The smallest absolute Gasteiger partial charge is 0.161 e. The van der Waals surface area contributed by atoms with E-state index in [0.29, 0.717) is 5.75 Å². The van der Waals surface area contributed by atoms with Gasteiger partial charge in [-0.15, -0.1) is 0 Å². The second-order valence-electron chi connectivity index (χ2n) is 5.64. The lowest BCUT2D eigenvalue weighted by Gasteiger charge is -2.33. The summed E-state index contributed by atoms with van der Waals surface area (Å²) in [4.78, 5) is 2.21. The van der Waals surface area contributed by atoms with E-state index >= 15 is 0 Å². The van der Waals surface area contributed by atoms with Crippen molar-refractivity contribution in [1.29, 1.82) is 5.26 Å². The van der Waals surface area contributed by atoms with Gasteiger partial charge in [-0.1, -0.05) is 30.3 Å². The Balaban J connectivity index is 1.93. The predicted molar refractivity (Wildman–Crippen MR) is 88.5 cm³/mol. The molecule has 1 aliphatic heterocycles. The fraction of sp³-hybridized carbons (Fsp3) is 0.316. The number of hydrogen-bond acceptors (Lipinski definition) is 4. The summed E-state index contributed by atoms with van der Waals surface area (Å²) >= 11 is 0. The molecule has 0 saturated heterocycles. The number of rotatable bonds is 4. The third-order valence-corrected chi connectivity index (χ3v) is 4.32. The first-order valence-electron chi connectivity index (χ1n) is 7.69. The molecule has 3 rings (SSSR count). The maximum Gasteiger partial charge on any atom is 0.161 e. The van der Waals surface area contributed by atoms with Gasteiger partial charge in [0.15, 0.2) is 11.5 Å². The number of ether oxygens (including phenoxy) is 2. The topological polar surface area (TPSA) is 45.5 Å². The van der Waals surface area contributed by atoms with Gasteiger partial charge in [-0.05, 0) is 35.2 Å². The molecule has 0 N–H and O–H groups in total. The molecule has 0 radical (unpaired) electrons. The molecule has 0 bridgehead atoms. The second-order valence-corrected chi connectivity index (χ2v) is 5.64. The van der Waals surface area contributed by atoms with Gasteiger partial charge < -0.3 is 9.47 Å². The number of hydrogen-bond donors (Lipinski definition) is 0. The summed E-state index contributed by atoms with van der Waals surface area (Å²) in [5.74, 6) is 1.40. The lowest BCUT2D eigenvalue weighted by Crippen LogP contribution is -2.34. The summed E-state index contributed by atoms with van der Waals surface area (Å²) < 4.78 is 10.8. The van der Waals surface area contributed by atoms with Crippen molar-refractivity contribution in [1.82, 2.24) is 4.90 Å². The minimum Gasteiger partial charge on any atom is -0.493 e. The van der Waals surface area contributed by atoms with Gasteiger partial charge in [0, 0.05) is 13.1 Å². The van der Waals surface area contributed by atoms with Crippen LogP contribution in [0.3, 0.4) is 0 Å². The highest BCUT2D eigenvalue weighted by molar-refractivity contribution is 5.50. The molecule has 2 aromatic rings. The van der Waals surface area contributed by atoms with E-state index in [4.69, 9.17) is 9.47 Å². The van der Waals surface area contributed by atoms with Crippen LogP contribution in [0.1, 0.15) is 22.7 Å². The molecule has 0 amide bonds. The van der Waals surface area contributed by atoms with Gasteiger partial charge in [0.05, 0.1) is 20.3 Å². The zero-order chi connectivity index (χ0) is 16.2. The van der Waals surface area contributed by atoms with E-state index in [2.05, 4.69) is 23.1 Å². The molecule has 0 fully saturated rings. The molecule has 4 nitrogen and oxygen atoms in total. The summed E-state index contributed by atoms with van der Waals surface area (Å²) in [6.07, 6.45) is 0.903. The van der Waals surface area contributed by atoms with E-state index in [1.807, 2.05) is 30.3 Å². The molecule has 0 unspecified atom stereocenters. The monoisotopic (exact) mass is 308 g/mol. The van der Waals surface area contributed by atoms with E-state index in [0.717, 1.165) is 30.8 Å². The van der Waals surface area contributed by atoms with Gasteiger partial charge in [0.25, 0.3) is 0 Å². The van der Waals surface area contributed by atoms with Gasteiger partial charge in [-0.25, -0.2) is 0 Å². The van der Waals surface area contributed by atoms with Gasteiger partial charge >= 0.3 is 0 Å². The minimum absolute atomic E-state index is 0.265. The van der Waals surface area contributed by atoms with E-state index < -0.39 is 0 Å². The van der Waals surface area contributed by atoms with Crippen LogP contribution in [0.2, 0.25) is 0 Å². The third-order valence-electron chi connectivity index (χ3n) is 4.32. The first-order valence-corrected chi connectivity index (χ1v) is 7.69. The molecule has 0 aliphatic carbocycles. The average molecular weight is 308 g/mol. The minimum atomic E-state index is -0.265. The van der Waals surface area contributed by atoms with Crippen molar-refractivity contribution in [2.75, 3.05) is 20.8 Å². The Hall–Kier alpha value is -2.51. The first-order chi connectivity index (χ1) is 11.3. The molecule has 0 saturated carbocycles. The Kier molecular flexibility index (Phi) is 4.50. The van der Waals surface area contributed by atoms with Crippen LogP contribution in [-0.2, 0) is 13.0 Å². The molecule has 0 aromatic heterocycles. The van der Waals surface area contributed by atoms with Crippen LogP contribution in [-0.4, -0.2) is 25.7 Å². The predicted octanol–water partition coefficient (Wildman–Crippen LogP) is 3.33. The zero-order valence-corrected chi connectivity index (χ0v) is 13.5. The van der Waals surface area contributed by atoms with Gasteiger partial charge in [0.1, 0.15) is 6.04 Å². The number of fused-ring (bicyclic) bond motifs is 1. The molecule has 1 heterocycles. The van der Waals surface area contributed by atoms with Gasteiger partial charge in [-0.2, -0.15) is 5.26 Å². The highest BCUT2D eigenvalue weighted by Gasteiger charge is 2.29. The van der Waals surface area contributed by atoms with Crippen molar-refractivity contribution in [3.8, 4) is 17.6 Å². The van der Waals surface area contributed by atoms with Crippen LogP contribution in [0, 0.1) is 11.3 Å². The van der Waals surface area contributed by atoms with Crippen molar-refractivity contribution >= 4 is 0 Å². The Bertz CT molecular complexity index is 722. The number of nitriles is 1. The summed E-state index contributed by atoms with van der Waals surface area (Å²) in [5, 5.41) is 9.71. The molecular weight excluding hydrogens is 288 g/mol. The van der Waals surface area contributed by atoms with Crippen molar-refractivity contribution < 1.29 is 9.47 Å². The highest BCUT2D eigenvalue weighted by atomic mass is 16.5. The highest BCUT2D eigenvalue weighted by Crippen LogP contribution is 2.38. The molecule has 1 aliphatic rings. The number of benzene rings is 2. The Morgan fingerprint density at radius 2 is 1.83 bits per heavy atom. The normalized spacial score (nSPS) is 17.2. The largest absolute Gasteiger partial charge is 0.493 e. The molecule has 23 heavy (non-hydrogen) atoms. The number of methoxy groups -OCH3 is 2. The first kappa shape index (κ1) is 15.4. The van der Waals surface area contributed by atoms with Crippen LogP contribution in [0.5, 0.6) is 11.5 Å². The molecule has 4 heteroatoms. The quantitative estimate of drug-likeness (QED) is 0.869. The standard InChI is InChI=1S/C19H20N2O2/c1-22-18-10-15-8-9-21(13-14-6-4-3-5-7-14)17(12-20)16(15)11-19(18)23-2/h3-7,10-11,17H,8-9,13H2,1-2H3/t17-/m0/s1. The zero-order valence-electron chi connectivity index (χ0n) is 13.5. The third kappa shape index (κ3) is 3.01. The average Bonchev–Trinajstić information content (AvgIpc) is 2.61. The summed E-state index contributed by atoms with van der Waals surface area (Å²) in [6, 6.07) is 16.4. The van der Waals surface area contributed by atoms with E-state index in [1.54, 1.807) is 14.2 Å². The van der Waals surface area contributed by atoms with Crippen molar-refractivity contribution in [2.45, 2.75) is 19.0 Å². The summed E-state index contributed by atoms with van der Waals surface area (Å²) in [7, 11) is 3.26. The SMILES string of the molecule is COc1cc2c(cc1OC)[C@H](C#N)N(Cc1ccccc1)CC2. The van der Waals surface area contributed by atoms with Crippen LogP contribution in [0.4, 0.5) is 0 Å².